The summed E-state index contributed by atoms with van der Waals surface area (Å²) in [7, 11) is 1.73. The molecule has 0 radical (unpaired) electrons. The molecule has 100 valence electrons. The van der Waals surface area contributed by atoms with Crippen LogP contribution in [0.15, 0.2) is 12.1 Å². The first-order valence-electron chi connectivity index (χ1n) is 6.79. The Morgan fingerprint density at radius 1 is 1.17 bits per heavy atom. The number of methoxy groups -OCH3 is 1. The molecule has 1 aromatic carbocycles. The van der Waals surface area contributed by atoms with Crippen molar-refractivity contribution >= 4 is 0 Å². The maximum Gasteiger partial charge on any atom is 0.122 e. The third-order valence-electron chi connectivity index (χ3n) is 3.48. The minimum Gasteiger partial charge on any atom is -0.496 e. The lowest BCUT2D eigenvalue weighted by molar-refractivity contribution is 0.411. The second-order valence-corrected chi connectivity index (χ2v) is 5.15. The van der Waals surface area contributed by atoms with Crippen LogP contribution in [0.3, 0.4) is 0 Å². The lowest BCUT2D eigenvalue weighted by Gasteiger charge is -2.12. The molecule has 0 amide bonds. The minimum absolute atomic E-state index is 0.803. The SMILES string of the molecule is COc1cc(C)c(CNCCNC2CC2)cc1C. The van der Waals surface area contributed by atoms with E-state index in [-0.39, 0.29) is 0 Å². The number of aryl methyl sites for hydroxylation is 2. The molecular weight excluding hydrogens is 224 g/mol. The molecular formula is C15H24N2O. The molecule has 0 atom stereocenters. The van der Waals surface area contributed by atoms with Gasteiger partial charge in [0.15, 0.2) is 0 Å². The summed E-state index contributed by atoms with van der Waals surface area (Å²) >= 11 is 0. The Balaban J connectivity index is 1.78. The highest BCUT2D eigenvalue weighted by molar-refractivity contribution is 5.41. The average Bonchev–Trinajstić information content (AvgIpc) is 3.16. The molecule has 1 saturated carbocycles. The molecule has 18 heavy (non-hydrogen) atoms. The molecule has 0 bridgehead atoms. The fourth-order valence-corrected chi connectivity index (χ4v) is 2.14. The van der Waals surface area contributed by atoms with Gasteiger partial charge in [-0.05, 0) is 49.4 Å². The van der Waals surface area contributed by atoms with E-state index in [1.54, 1.807) is 7.11 Å². The number of rotatable bonds is 7. The summed E-state index contributed by atoms with van der Waals surface area (Å²) in [5.41, 5.74) is 3.86. The van der Waals surface area contributed by atoms with Gasteiger partial charge in [-0.15, -0.1) is 0 Å². The van der Waals surface area contributed by atoms with Gasteiger partial charge in [0.25, 0.3) is 0 Å². The van der Waals surface area contributed by atoms with Crippen molar-refractivity contribution < 1.29 is 4.74 Å². The highest BCUT2D eigenvalue weighted by Crippen LogP contribution is 2.22. The van der Waals surface area contributed by atoms with E-state index >= 15 is 0 Å². The molecule has 0 unspecified atom stereocenters. The molecule has 1 aromatic rings. The third-order valence-corrected chi connectivity index (χ3v) is 3.48. The van der Waals surface area contributed by atoms with Crippen molar-refractivity contribution in [1.29, 1.82) is 0 Å². The summed E-state index contributed by atoms with van der Waals surface area (Å²) in [6, 6.07) is 5.14. The fourth-order valence-electron chi connectivity index (χ4n) is 2.14. The average molecular weight is 248 g/mol. The number of hydrogen-bond acceptors (Lipinski definition) is 3. The van der Waals surface area contributed by atoms with Crippen molar-refractivity contribution in [3.63, 3.8) is 0 Å². The Kier molecular flexibility index (Phi) is 4.61. The maximum absolute atomic E-state index is 5.33. The predicted molar refractivity (Wildman–Crippen MR) is 75.2 cm³/mol. The Labute approximate surface area is 110 Å². The molecule has 0 aromatic heterocycles. The van der Waals surface area contributed by atoms with Crippen molar-refractivity contribution in [2.24, 2.45) is 0 Å². The van der Waals surface area contributed by atoms with Crippen molar-refractivity contribution in [2.75, 3.05) is 20.2 Å². The van der Waals surface area contributed by atoms with E-state index in [4.69, 9.17) is 4.74 Å². The normalized spacial score (nSPS) is 14.8. The Hall–Kier alpha value is -1.06. The van der Waals surface area contributed by atoms with Gasteiger partial charge in [-0.1, -0.05) is 6.07 Å². The van der Waals surface area contributed by atoms with Crippen LogP contribution in [-0.4, -0.2) is 26.2 Å². The highest BCUT2D eigenvalue weighted by Gasteiger charge is 2.19. The largest absolute Gasteiger partial charge is 0.496 e. The zero-order valence-electron chi connectivity index (χ0n) is 11.7. The van der Waals surface area contributed by atoms with E-state index in [9.17, 15) is 0 Å². The molecule has 0 aliphatic heterocycles. The molecule has 1 aliphatic rings. The molecule has 1 fully saturated rings. The monoisotopic (exact) mass is 248 g/mol. The van der Waals surface area contributed by atoms with Crippen molar-refractivity contribution in [3.8, 4) is 5.75 Å². The van der Waals surface area contributed by atoms with Gasteiger partial charge in [-0.3, -0.25) is 0 Å². The van der Waals surface area contributed by atoms with E-state index < -0.39 is 0 Å². The van der Waals surface area contributed by atoms with Crippen LogP contribution >= 0.6 is 0 Å². The summed E-state index contributed by atoms with van der Waals surface area (Å²) in [6.07, 6.45) is 2.72. The van der Waals surface area contributed by atoms with Crippen LogP contribution in [0.2, 0.25) is 0 Å². The summed E-state index contributed by atoms with van der Waals surface area (Å²) in [5.74, 6) is 0.978. The van der Waals surface area contributed by atoms with Crippen LogP contribution in [0, 0.1) is 13.8 Å². The van der Waals surface area contributed by atoms with Gasteiger partial charge >= 0.3 is 0 Å². The van der Waals surface area contributed by atoms with Crippen LogP contribution in [0.5, 0.6) is 5.75 Å². The lowest BCUT2D eigenvalue weighted by Crippen LogP contribution is -2.28. The second-order valence-electron chi connectivity index (χ2n) is 5.15. The standard InChI is InChI=1S/C15H24N2O/c1-11-9-15(18-3)12(2)8-13(11)10-16-6-7-17-14-4-5-14/h8-9,14,16-17H,4-7,10H2,1-3H3. The molecule has 3 heteroatoms. The van der Waals surface area contributed by atoms with Gasteiger partial charge in [0.05, 0.1) is 7.11 Å². The highest BCUT2D eigenvalue weighted by atomic mass is 16.5. The number of ether oxygens (including phenoxy) is 1. The first kappa shape index (κ1) is 13.4. The van der Waals surface area contributed by atoms with Crippen molar-refractivity contribution in [1.82, 2.24) is 10.6 Å². The second kappa shape index (κ2) is 6.21. The first-order chi connectivity index (χ1) is 8.70. The van der Waals surface area contributed by atoms with E-state index in [0.29, 0.717) is 0 Å². The van der Waals surface area contributed by atoms with Gasteiger partial charge < -0.3 is 15.4 Å². The lowest BCUT2D eigenvalue weighted by atomic mass is 10.0. The summed E-state index contributed by atoms with van der Waals surface area (Å²) in [4.78, 5) is 0. The minimum atomic E-state index is 0.803. The molecule has 2 N–H and O–H groups in total. The van der Waals surface area contributed by atoms with Crippen molar-refractivity contribution in [2.45, 2.75) is 39.3 Å². The van der Waals surface area contributed by atoms with E-state index in [0.717, 1.165) is 31.4 Å². The van der Waals surface area contributed by atoms with Crippen LogP contribution in [0.25, 0.3) is 0 Å². The molecule has 3 nitrogen and oxygen atoms in total. The molecule has 0 spiro atoms. The Morgan fingerprint density at radius 3 is 2.61 bits per heavy atom. The quantitative estimate of drug-likeness (QED) is 0.725. The first-order valence-corrected chi connectivity index (χ1v) is 6.79. The number of benzene rings is 1. The van der Waals surface area contributed by atoms with E-state index in [2.05, 4.69) is 36.6 Å². The van der Waals surface area contributed by atoms with Gasteiger partial charge in [0.2, 0.25) is 0 Å². The Bertz CT molecular complexity index is 400. The smallest absolute Gasteiger partial charge is 0.122 e. The van der Waals surface area contributed by atoms with Gasteiger partial charge in [0.1, 0.15) is 5.75 Å². The van der Waals surface area contributed by atoms with Crippen LogP contribution in [-0.2, 0) is 6.54 Å². The van der Waals surface area contributed by atoms with Crippen LogP contribution in [0.4, 0.5) is 0 Å². The number of nitrogens with one attached hydrogen (secondary N) is 2. The van der Waals surface area contributed by atoms with E-state index in [1.165, 1.54) is 29.5 Å². The summed E-state index contributed by atoms with van der Waals surface area (Å²) in [5, 5.41) is 6.99. The van der Waals surface area contributed by atoms with Gasteiger partial charge in [-0.2, -0.15) is 0 Å². The maximum atomic E-state index is 5.33. The predicted octanol–water partition coefficient (Wildman–Crippen LogP) is 2.15. The summed E-state index contributed by atoms with van der Waals surface area (Å²) < 4.78 is 5.33. The third kappa shape index (κ3) is 3.72. The molecule has 0 saturated heterocycles. The molecule has 1 aliphatic carbocycles. The van der Waals surface area contributed by atoms with Crippen LogP contribution < -0.4 is 15.4 Å². The van der Waals surface area contributed by atoms with Gasteiger partial charge in [0, 0.05) is 25.7 Å². The summed E-state index contributed by atoms with van der Waals surface area (Å²) in [6.45, 7) is 7.26. The topological polar surface area (TPSA) is 33.3 Å². The van der Waals surface area contributed by atoms with E-state index in [1.807, 2.05) is 0 Å². The zero-order valence-corrected chi connectivity index (χ0v) is 11.7. The number of hydrogen-bond donors (Lipinski definition) is 2. The van der Waals surface area contributed by atoms with Crippen molar-refractivity contribution in [3.05, 3.63) is 28.8 Å². The zero-order chi connectivity index (χ0) is 13.0. The Morgan fingerprint density at radius 2 is 1.94 bits per heavy atom. The fraction of sp³-hybridized carbons (Fsp3) is 0.600. The van der Waals surface area contributed by atoms with Gasteiger partial charge in [-0.25, -0.2) is 0 Å². The molecule has 2 rings (SSSR count). The van der Waals surface area contributed by atoms with Crippen LogP contribution in [0.1, 0.15) is 29.5 Å². The molecule has 0 heterocycles.